The topological polar surface area (TPSA) is 93.1 Å². The van der Waals surface area contributed by atoms with Gasteiger partial charge < -0.3 is 19.7 Å². The molecule has 4 aliphatic rings. The molecule has 6 nitrogen and oxygen atoms in total. The van der Waals surface area contributed by atoms with E-state index >= 15 is 0 Å². The van der Waals surface area contributed by atoms with Gasteiger partial charge in [-0.1, -0.05) is 13.8 Å². The predicted molar refractivity (Wildman–Crippen MR) is 106 cm³/mol. The summed E-state index contributed by atoms with van der Waals surface area (Å²) in [6.45, 7) is 5.71. The predicted octanol–water partition coefficient (Wildman–Crippen LogP) is 2.84. The maximum atomic E-state index is 12.6. The molecule has 0 bridgehead atoms. The molecule has 0 aromatic rings. The van der Waals surface area contributed by atoms with Gasteiger partial charge in [0.25, 0.3) is 0 Å². The fraction of sp³-hybridized carbons (Fsp3) is 0.913. The largest absolute Gasteiger partial charge is 0.469 e. The highest BCUT2D eigenvalue weighted by Gasteiger charge is 2.71. The zero-order valence-corrected chi connectivity index (χ0v) is 18.1. The minimum absolute atomic E-state index is 0.0169. The summed E-state index contributed by atoms with van der Waals surface area (Å²) >= 11 is 0. The lowest BCUT2D eigenvalue weighted by atomic mass is 9.42. The van der Waals surface area contributed by atoms with Crippen molar-refractivity contribution in [2.45, 2.75) is 89.9 Å². The van der Waals surface area contributed by atoms with Gasteiger partial charge in [0.05, 0.1) is 24.7 Å². The minimum Gasteiger partial charge on any atom is -0.469 e. The van der Waals surface area contributed by atoms with Crippen molar-refractivity contribution in [3.8, 4) is 0 Å². The average molecular weight is 409 g/mol. The SMILES string of the molecule is COC(=O)C1CCC2(O)C3CCC4CC(O)CCC4(C)C3C(OC(C)=O)CC12C. The number of carbonyl (C=O) groups excluding carboxylic acids is 2. The standard InChI is InChI=1S/C23H36O6/c1-13(24)29-18-12-22(3)17(20(26)28-4)8-10-23(22,27)16-6-5-14-11-15(25)7-9-21(14,2)19(16)18/h14-19,25,27H,5-12H2,1-4H3. The highest BCUT2D eigenvalue weighted by atomic mass is 16.5. The third-order valence-electron chi connectivity index (χ3n) is 9.54. The molecule has 6 heteroatoms. The normalized spacial score (nSPS) is 51.4. The Bertz CT molecular complexity index is 693. The number of hydrogen-bond acceptors (Lipinski definition) is 6. The van der Waals surface area contributed by atoms with Crippen LogP contribution in [0.4, 0.5) is 0 Å². The van der Waals surface area contributed by atoms with Crippen LogP contribution in [-0.4, -0.2) is 47.1 Å². The molecule has 4 aliphatic carbocycles. The van der Waals surface area contributed by atoms with Gasteiger partial charge in [0.1, 0.15) is 6.10 Å². The van der Waals surface area contributed by atoms with E-state index in [9.17, 15) is 19.8 Å². The van der Waals surface area contributed by atoms with Crippen LogP contribution >= 0.6 is 0 Å². The Kier molecular flexibility index (Phi) is 5.05. The van der Waals surface area contributed by atoms with Gasteiger partial charge in [-0.2, -0.15) is 0 Å². The van der Waals surface area contributed by atoms with Gasteiger partial charge >= 0.3 is 11.9 Å². The second-order valence-electron chi connectivity index (χ2n) is 10.6. The molecule has 9 unspecified atom stereocenters. The lowest BCUT2D eigenvalue weighted by Gasteiger charge is -2.65. The molecule has 0 spiro atoms. The van der Waals surface area contributed by atoms with Crippen LogP contribution in [-0.2, 0) is 19.1 Å². The number of fused-ring (bicyclic) bond motifs is 5. The van der Waals surface area contributed by atoms with Crippen LogP contribution in [0, 0.1) is 34.5 Å². The number of methoxy groups -OCH3 is 1. The summed E-state index contributed by atoms with van der Waals surface area (Å²) in [6.07, 6.45) is 5.31. The van der Waals surface area contributed by atoms with E-state index in [2.05, 4.69) is 6.92 Å². The number of aliphatic hydroxyl groups excluding tert-OH is 1. The van der Waals surface area contributed by atoms with Crippen LogP contribution in [0.25, 0.3) is 0 Å². The molecule has 0 saturated heterocycles. The van der Waals surface area contributed by atoms with E-state index in [0.29, 0.717) is 25.2 Å². The second kappa shape index (κ2) is 6.94. The van der Waals surface area contributed by atoms with Crippen LogP contribution in [0.3, 0.4) is 0 Å². The number of rotatable bonds is 2. The van der Waals surface area contributed by atoms with Crippen molar-refractivity contribution in [2.24, 2.45) is 34.5 Å². The molecular formula is C23H36O6. The first kappa shape index (κ1) is 21.1. The van der Waals surface area contributed by atoms with Crippen molar-refractivity contribution in [2.75, 3.05) is 7.11 Å². The Labute approximate surface area is 173 Å². The highest BCUT2D eigenvalue weighted by molar-refractivity contribution is 5.74. The van der Waals surface area contributed by atoms with Crippen molar-refractivity contribution >= 4 is 11.9 Å². The van der Waals surface area contributed by atoms with E-state index in [1.54, 1.807) is 0 Å². The number of carbonyl (C=O) groups is 2. The van der Waals surface area contributed by atoms with Gasteiger partial charge in [0, 0.05) is 18.3 Å². The maximum absolute atomic E-state index is 12.6. The van der Waals surface area contributed by atoms with Gasteiger partial charge in [0.15, 0.2) is 0 Å². The maximum Gasteiger partial charge on any atom is 0.309 e. The second-order valence-corrected chi connectivity index (χ2v) is 10.6. The lowest BCUT2D eigenvalue weighted by Crippen LogP contribution is -2.67. The molecule has 0 heterocycles. The molecule has 4 saturated carbocycles. The molecule has 4 rings (SSSR count). The summed E-state index contributed by atoms with van der Waals surface area (Å²) in [7, 11) is 1.40. The van der Waals surface area contributed by atoms with Gasteiger partial charge in [-0.25, -0.2) is 0 Å². The van der Waals surface area contributed by atoms with E-state index in [1.807, 2.05) is 6.92 Å². The monoisotopic (exact) mass is 408 g/mol. The van der Waals surface area contributed by atoms with Gasteiger partial charge in [-0.05, 0) is 68.6 Å². The molecule has 9 atom stereocenters. The number of ether oxygens (including phenoxy) is 2. The van der Waals surface area contributed by atoms with Crippen molar-refractivity contribution in [3.63, 3.8) is 0 Å². The van der Waals surface area contributed by atoms with Crippen molar-refractivity contribution in [1.29, 1.82) is 0 Å². The zero-order valence-electron chi connectivity index (χ0n) is 18.1. The molecule has 164 valence electrons. The summed E-state index contributed by atoms with van der Waals surface area (Å²) in [6, 6.07) is 0. The Morgan fingerprint density at radius 2 is 1.79 bits per heavy atom. The molecule has 4 fully saturated rings. The summed E-state index contributed by atoms with van der Waals surface area (Å²) in [5.41, 5.74) is -1.71. The van der Waals surface area contributed by atoms with Crippen LogP contribution in [0.2, 0.25) is 0 Å². The molecule has 29 heavy (non-hydrogen) atoms. The Hall–Kier alpha value is -1.14. The highest BCUT2D eigenvalue weighted by Crippen LogP contribution is 2.69. The first-order chi connectivity index (χ1) is 13.6. The Morgan fingerprint density at radius 1 is 1.07 bits per heavy atom. The number of hydrogen-bond donors (Lipinski definition) is 2. The van der Waals surface area contributed by atoms with Crippen molar-refractivity contribution in [1.82, 2.24) is 0 Å². The number of aliphatic hydroxyl groups is 2. The zero-order chi connectivity index (χ0) is 21.2. The summed E-state index contributed by atoms with van der Waals surface area (Å²) in [5.74, 6) is -0.559. The first-order valence-corrected chi connectivity index (χ1v) is 11.2. The third kappa shape index (κ3) is 2.88. The fourth-order valence-electron chi connectivity index (χ4n) is 8.11. The molecule has 0 aromatic carbocycles. The molecule has 2 N–H and O–H groups in total. The van der Waals surface area contributed by atoms with E-state index < -0.39 is 11.0 Å². The lowest BCUT2D eigenvalue weighted by molar-refractivity contribution is -0.250. The smallest absolute Gasteiger partial charge is 0.309 e. The van der Waals surface area contributed by atoms with Gasteiger partial charge in [-0.15, -0.1) is 0 Å². The van der Waals surface area contributed by atoms with Gasteiger partial charge in [0.2, 0.25) is 0 Å². The van der Waals surface area contributed by atoms with Crippen LogP contribution in [0.1, 0.15) is 72.1 Å². The van der Waals surface area contributed by atoms with Gasteiger partial charge in [-0.3, -0.25) is 9.59 Å². The number of esters is 2. The van der Waals surface area contributed by atoms with Crippen molar-refractivity contribution < 1.29 is 29.3 Å². The summed E-state index contributed by atoms with van der Waals surface area (Å²) < 4.78 is 11.0. The van der Waals surface area contributed by atoms with Crippen LogP contribution in [0.15, 0.2) is 0 Å². The summed E-state index contributed by atoms with van der Waals surface area (Å²) in [4.78, 5) is 24.6. The van der Waals surface area contributed by atoms with Crippen LogP contribution < -0.4 is 0 Å². The van der Waals surface area contributed by atoms with E-state index in [4.69, 9.17) is 9.47 Å². The van der Waals surface area contributed by atoms with E-state index in [-0.39, 0.29) is 47.3 Å². The molecular weight excluding hydrogens is 372 g/mol. The molecule has 0 radical (unpaired) electrons. The quantitative estimate of drug-likeness (QED) is 0.683. The summed E-state index contributed by atoms with van der Waals surface area (Å²) in [5, 5.41) is 22.3. The first-order valence-electron chi connectivity index (χ1n) is 11.2. The molecule has 0 amide bonds. The third-order valence-corrected chi connectivity index (χ3v) is 9.54. The minimum atomic E-state index is -0.961. The van der Waals surface area contributed by atoms with Crippen molar-refractivity contribution in [3.05, 3.63) is 0 Å². The molecule has 0 aromatic heterocycles. The fourth-order valence-corrected chi connectivity index (χ4v) is 8.11. The Balaban J connectivity index is 1.77. The van der Waals surface area contributed by atoms with Crippen LogP contribution in [0.5, 0.6) is 0 Å². The van der Waals surface area contributed by atoms with E-state index in [1.165, 1.54) is 14.0 Å². The Morgan fingerprint density at radius 3 is 2.45 bits per heavy atom. The molecule has 0 aliphatic heterocycles. The van der Waals surface area contributed by atoms with E-state index in [0.717, 1.165) is 32.1 Å². The average Bonchev–Trinajstić information content (AvgIpc) is 2.92.